The first kappa shape index (κ1) is 18.4. The smallest absolute Gasteiger partial charge is 0.221 e. The van der Waals surface area contributed by atoms with Crippen LogP contribution < -0.4 is 10.5 Å². The Morgan fingerprint density at radius 2 is 2.08 bits per heavy atom. The number of likely N-dealkylation sites (N-methyl/N-ethyl adjacent to an activating group) is 1. The minimum absolute atomic E-state index is 0.384. The lowest BCUT2D eigenvalue weighted by molar-refractivity contribution is 0.145. The molecular weight excluding hydrogens is 328 g/mol. The quantitative estimate of drug-likeness (QED) is 0.604. The first-order valence-corrected chi connectivity index (χ1v) is 9.10. The summed E-state index contributed by atoms with van der Waals surface area (Å²) in [6.07, 6.45) is 4.59. The first-order chi connectivity index (χ1) is 12.6. The van der Waals surface area contributed by atoms with E-state index in [1.807, 2.05) is 31.2 Å². The van der Waals surface area contributed by atoms with Gasteiger partial charge in [0.15, 0.2) is 0 Å². The van der Waals surface area contributed by atoms with Gasteiger partial charge in [0, 0.05) is 32.7 Å². The maximum Gasteiger partial charge on any atom is 0.221 e. The van der Waals surface area contributed by atoms with E-state index in [1.165, 1.54) is 0 Å². The molecule has 0 unspecified atom stereocenters. The van der Waals surface area contributed by atoms with Gasteiger partial charge in [0.25, 0.3) is 0 Å². The van der Waals surface area contributed by atoms with Gasteiger partial charge in [-0.3, -0.25) is 0 Å². The van der Waals surface area contributed by atoms with Gasteiger partial charge in [-0.15, -0.1) is 0 Å². The van der Waals surface area contributed by atoms with Crippen molar-refractivity contribution in [1.82, 2.24) is 19.5 Å². The van der Waals surface area contributed by atoms with E-state index in [0.717, 1.165) is 62.8 Å². The summed E-state index contributed by atoms with van der Waals surface area (Å²) in [5.74, 6) is 1.25. The van der Waals surface area contributed by atoms with Gasteiger partial charge in [-0.05, 0) is 38.1 Å². The Kier molecular flexibility index (Phi) is 6.25. The van der Waals surface area contributed by atoms with Crippen molar-refractivity contribution in [2.24, 2.45) is 5.10 Å². The Bertz CT molecular complexity index is 733. The second-order valence-corrected chi connectivity index (χ2v) is 6.75. The van der Waals surface area contributed by atoms with Crippen molar-refractivity contribution in [1.29, 1.82) is 0 Å². The molecule has 0 saturated carbocycles. The molecule has 0 bridgehead atoms. The van der Waals surface area contributed by atoms with E-state index < -0.39 is 0 Å². The average Bonchev–Trinajstić information content (AvgIpc) is 2.96. The molecule has 1 fully saturated rings. The lowest BCUT2D eigenvalue weighted by Gasteiger charge is -2.32. The molecule has 2 aromatic rings. The SMILES string of the molecule is Cc1cn(N=Cc2cccc(OCCCN3CCN(C)CC3)c2)c(N)n1. The number of hydrogen-bond donors (Lipinski definition) is 1. The molecule has 0 spiro atoms. The zero-order valence-corrected chi connectivity index (χ0v) is 15.6. The molecule has 1 saturated heterocycles. The molecule has 0 aliphatic carbocycles. The van der Waals surface area contributed by atoms with Gasteiger partial charge in [-0.1, -0.05) is 12.1 Å². The first-order valence-electron chi connectivity index (χ1n) is 9.10. The van der Waals surface area contributed by atoms with E-state index in [9.17, 15) is 0 Å². The van der Waals surface area contributed by atoms with E-state index in [0.29, 0.717) is 5.95 Å². The van der Waals surface area contributed by atoms with Crippen LogP contribution in [0.5, 0.6) is 5.75 Å². The molecule has 0 amide bonds. The standard InChI is InChI=1S/C19H28N6O/c1-16-15-25(19(20)22-16)21-14-17-5-3-6-18(13-17)26-12-4-7-24-10-8-23(2)9-11-24/h3,5-6,13-15H,4,7-12H2,1-2H3,(H2,20,22). The van der Waals surface area contributed by atoms with E-state index in [4.69, 9.17) is 10.5 Å². The molecule has 1 aromatic heterocycles. The number of rotatable bonds is 7. The molecule has 2 N–H and O–H groups in total. The van der Waals surface area contributed by atoms with Crippen LogP contribution in [0.25, 0.3) is 0 Å². The Labute approximate surface area is 155 Å². The van der Waals surface area contributed by atoms with Gasteiger partial charge in [0.2, 0.25) is 5.95 Å². The highest BCUT2D eigenvalue weighted by atomic mass is 16.5. The van der Waals surface area contributed by atoms with Gasteiger partial charge >= 0.3 is 0 Å². The van der Waals surface area contributed by atoms with E-state index in [2.05, 4.69) is 26.9 Å². The van der Waals surface area contributed by atoms with Crippen LogP contribution in [0, 0.1) is 6.92 Å². The van der Waals surface area contributed by atoms with Crippen LogP contribution in [0.1, 0.15) is 17.7 Å². The van der Waals surface area contributed by atoms with E-state index in [1.54, 1.807) is 17.1 Å². The molecule has 26 heavy (non-hydrogen) atoms. The minimum atomic E-state index is 0.384. The fourth-order valence-electron chi connectivity index (χ4n) is 2.96. The second kappa shape index (κ2) is 8.82. The van der Waals surface area contributed by atoms with Gasteiger partial charge < -0.3 is 20.3 Å². The van der Waals surface area contributed by atoms with Crippen LogP contribution in [0.15, 0.2) is 35.6 Å². The van der Waals surface area contributed by atoms with Gasteiger partial charge in [-0.25, -0.2) is 9.66 Å². The number of aromatic nitrogens is 2. The largest absolute Gasteiger partial charge is 0.494 e. The molecule has 0 atom stereocenters. The fourth-order valence-corrected chi connectivity index (χ4v) is 2.96. The van der Waals surface area contributed by atoms with Crippen molar-refractivity contribution < 1.29 is 4.74 Å². The number of piperazine rings is 1. The van der Waals surface area contributed by atoms with Crippen molar-refractivity contribution in [2.75, 3.05) is 52.1 Å². The average molecular weight is 356 g/mol. The third-order valence-corrected chi connectivity index (χ3v) is 4.51. The van der Waals surface area contributed by atoms with Gasteiger partial charge in [0.05, 0.1) is 24.7 Å². The van der Waals surface area contributed by atoms with Crippen molar-refractivity contribution in [3.05, 3.63) is 41.7 Å². The Hall–Kier alpha value is -2.38. The van der Waals surface area contributed by atoms with Crippen molar-refractivity contribution in [3.63, 3.8) is 0 Å². The summed E-state index contributed by atoms with van der Waals surface area (Å²) in [5, 5.41) is 4.34. The molecule has 2 heterocycles. The molecule has 140 valence electrons. The molecule has 1 aromatic carbocycles. The molecule has 0 radical (unpaired) electrons. The maximum absolute atomic E-state index is 5.90. The number of hydrogen-bond acceptors (Lipinski definition) is 6. The van der Waals surface area contributed by atoms with Crippen LogP contribution in [0.2, 0.25) is 0 Å². The predicted molar refractivity (Wildman–Crippen MR) is 105 cm³/mol. The van der Waals surface area contributed by atoms with Crippen LogP contribution in [0.3, 0.4) is 0 Å². The lowest BCUT2D eigenvalue weighted by Crippen LogP contribution is -2.44. The lowest BCUT2D eigenvalue weighted by atomic mass is 10.2. The van der Waals surface area contributed by atoms with Crippen molar-refractivity contribution in [3.8, 4) is 5.75 Å². The second-order valence-electron chi connectivity index (χ2n) is 6.75. The Morgan fingerprint density at radius 1 is 1.27 bits per heavy atom. The highest BCUT2D eigenvalue weighted by Crippen LogP contribution is 2.13. The summed E-state index contributed by atoms with van der Waals surface area (Å²) in [5.41, 5.74) is 7.60. The number of imidazole rings is 1. The molecular formula is C19H28N6O. The van der Waals surface area contributed by atoms with E-state index >= 15 is 0 Å². The third-order valence-electron chi connectivity index (χ3n) is 4.51. The van der Waals surface area contributed by atoms with Crippen LogP contribution >= 0.6 is 0 Å². The summed E-state index contributed by atoms with van der Waals surface area (Å²) in [6, 6.07) is 7.92. The summed E-state index contributed by atoms with van der Waals surface area (Å²) >= 11 is 0. The zero-order chi connectivity index (χ0) is 18.4. The highest BCUT2D eigenvalue weighted by Gasteiger charge is 2.12. The van der Waals surface area contributed by atoms with Crippen molar-refractivity contribution >= 4 is 12.2 Å². The topological polar surface area (TPSA) is 71.9 Å². The number of anilines is 1. The molecule has 3 rings (SSSR count). The van der Waals surface area contributed by atoms with Crippen LogP contribution in [0.4, 0.5) is 5.95 Å². The summed E-state index contributed by atoms with van der Waals surface area (Å²) in [4.78, 5) is 9.01. The molecule has 1 aliphatic heterocycles. The number of benzene rings is 1. The van der Waals surface area contributed by atoms with Gasteiger partial charge in [-0.2, -0.15) is 5.10 Å². The van der Waals surface area contributed by atoms with Crippen LogP contribution in [-0.4, -0.2) is 72.1 Å². The molecule has 7 nitrogen and oxygen atoms in total. The maximum atomic E-state index is 5.90. The zero-order valence-electron chi connectivity index (χ0n) is 15.6. The number of nitrogen functional groups attached to an aromatic ring is 1. The Balaban J connectivity index is 1.46. The molecule has 1 aliphatic rings. The van der Waals surface area contributed by atoms with Gasteiger partial charge in [0.1, 0.15) is 5.75 Å². The highest BCUT2D eigenvalue weighted by molar-refractivity contribution is 5.80. The summed E-state index contributed by atoms with van der Waals surface area (Å²) in [6.45, 7) is 8.32. The Morgan fingerprint density at radius 3 is 2.81 bits per heavy atom. The monoisotopic (exact) mass is 356 g/mol. The van der Waals surface area contributed by atoms with Crippen LogP contribution in [-0.2, 0) is 0 Å². The van der Waals surface area contributed by atoms with E-state index in [-0.39, 0.29) is 0 Å². The summed E-state index contributed by atoms with van der Waals surface area (Å²) < 4.78 is 7.46. The predicted octanol–water partition coefficient (Wildman–Crippen LogP) is 1.67. The fraction of sp³-hybridized carbons (Fsp3) is 0.474. The number of ether oxygens (including phenoxy) is 1. The number of aryl methyl sites for hydroxylation is 1. The van der Waals surface area contributed by atoms with Crippen molar-refractivity contribution in [2.45, 2.75) is 13.3 Å². The summed E-state index contributed by atoms with van der Waals surface area (Å²) in [7, 11) is 2.18. The third kappa shape index (κ3) is 5.31. The molecule has 7 heteroatoms. The number of nitrogens with zero attached hydrogens (tertiary/aromatic N) is 5. The number of nitrogens with two attached hydrogens (primary N) is 1. The normalized spacial score (nSPS) is 16.4. The minimum Gasteiger partial charge on any atom is -0.494 e.